The maximum atomic E-state index is 6.61. The van der Waals surface area contributed by atoms with E-state index in [0.717, 1.165) is 50.0 Å². The van der Waals surface area contributed by atoms with Gasteiger partial charge in [0.2, 0.25) is 0 Å². The molecule has 1 radical (unpaired) electrons. The molecule has 323 valence electrons. The van der Waals surface area contributed by atoms with Crippen LogP contribution < -0.4 is 16.2 Å². The van der Waals surface area contributed by atoms with Crippen molar-refractivity contribution < 1.29 is 4.42 Å². The minimum Gasteiger partial charge on any atom is -0.456 e. The van der Waals surface area contributed by atoms with Gasteiger partial charge < -0.3 is 14.3 Å². The van der Waals surface area contributed by atoms with E-state index >= 15 is 0 Å². The number of nitrogens with one attached hydrogen (secondary N) is 1. The number of thiophene rings is 1. The van der Waals surface area contributed by atoms with Crippen LogP contribution in [-0.2, 0) is 5.41 Å². The molecule has 15 rings (SSSR count). The van der Waals surface area contributed by atoms with Crippen LogP contribution in [0.5, 0.6) is 0 Å². The molecule has 3 aromatic heterocycles. The van der Waals surface area contributed by atoms with Crippen LogP contribution in [0.25, 0.3) is 114 Å². The molecular formula is C64H42BN2OS. The van der Waals surface area contributed by atoms with Gasteiger partial charge in [0.05, 0.1) is 15.9 Å². The van der Waals surface area contributed by atoms with Crippen LogP contribution in [0.15, 0.2) is 199 Å². The normalized spacial score (nSPS) is 13.4. The Hall–Kier alpha value is -8.12. The summed E-state index contributed by atoms with van der Waals surface area (Å²) in [6.45, 7) is 6.92. The molecule has 4 heterocycles. The van der Waals surface area contributed by atoms with Crippen LogP contribution in [0.3, 0.4) is 0 Å². The van der Waals surface area contributed by atoms with E-state index in [4.69, 9.17) is 4.42 Å². The Morgan fingerprint density at radius 2 is 1.28 bits per heavy atom. The number of rotatable bonds is 5. The molecule has 0 atom stereocenters. The second kappa shape index (κ2) is 14.2. The van der Waals surface area contributed by atoms with E-state index in [0.29, 0.717) is 0 Å². The van der Waals surface area contributed by atoms with Gasteiger partial charge in [-0.25, -0.2) is 0 Å². The van der Waals surface area contributed by atoms with Gasteiger partial charge in [0.25, 0.3) is 0 Å². The summed E-state index contributed by atoms with van der Waals surface area (Å²) in [5, 5.41) is 11.3. The van der Waals surface area contributed by atoms with Gasteiger partial charge in [-0.1, -0.05) is 158 Å². The molecule has 0 bridgehead atoms. The van der Waals surface area contributed by atoms with Crippen molar-refractivity contribution in [2.24, 2.45) is 0 Å². The van der Waals surface area contributed by atoms with Gasteiger partial charge in [-0.2, -0.15) is 0 Å². The monoisotopic (exact) mass is 897 g/mol. The van der Waals surface area contributed by atoms with Gasteiger partial charge >= 0.3 is 0 Å². The Balaban J connectivity index is 1.10. The molecule has 0 saturated carbocycles. The fourth-order valence-corrected chi connectivity index (χ4v) is 13.1. The molecule has 1 aliphatic carbocycles. The predicted molar refractivity (Wildman–Crippen MR) is 294 cm³/mol. The molecule has 3 nitrogen and oxygen atoms in total. The standard InChI is InChI=1S/C64H42BN2OS/c1-36-21-25-40(26-22-36)66-61-45(28-29-46-44-17-9-12-20-58(44)69-63(46)61)49-33-47(39-23-27-42-41-15-7-10-18-51(41)64(2,3)52(42)32-39)59-50-31-38(37-13-5-4-6-14-37)24-30-54(50)67-55-34-48-43-16-8-11-19-56(43)68-57(48)35-53(55)65-60(49)62(59)67/h4-35,66H,1-3H3. The Kier molecular flexibility index (Phi) is 8.02. The van der Waals surface area contributed by atoms with Crippen LogP contribution in [0.1, 0.15) is 30.5 Å². The van der Waals surface area contributed by atoms with Crippen LogP contribution in [0.2, 0.25) is 0 Å². The predicted octanol–water partition coefficient (Wildman–Crippen LogP) is 16.4. The number of para-hydroxylation sites is 1. The van der Waals surface area contributed by atoms with Crippen LogP contribution >= 0.6 is 11.3 Å². The lowest BCUT2D eigenvalue weighted by Crippen LogP contribution is -2.37. The lowest BCUT2D eigenvalue weighted by molar-refractivity contribution is 0.660. The second-order valence-electron chi connectivity index (χ2n) is 19.6. The molecule has 0 amide bonds. The highest BCUT2D eigenvalue weighted by Gasteiger charge is 2.36. The second-order valence-corrected chi connectivity index (χ2v) is 20.6. The third-order valence-corrected chi connectivity index (χ3v) is 16.5. The maximum absolute atomic E-state index is 6.61. The first-order chi connectivity index (χ1) is 33.9. The molecule has 0 unspecified atom stereocenters. The zero-order valence-corrected chi connectivity index (χ0v) is 39.1. The Bertz CT molecular complexity index is 4340. The molecule has 1 aliphatic heterocycles. The van der Waals surface area contributed by atoms with E-state index in [1.165, 1.54) is 103 Å². The van der Waals surface area contributed by atoms with E-state index in [9.17, 15) is 0 Å². The van der Waals surface area contributed by atoms with E-state index < -0.39 is 0 Å². The average molecular weight is 898 g/mol. The topological polar surface area (TPSA) is 30.1 Å². The number of aryl methyl sites for hydroxylation is 1. The summed E-state index contributed by atoms with van der Waals surface area (Å²) < 4.78 is 11.7. The van der Waals surface area contributed by atoms with E-state index in [2.05, 4.69) is 232 Å². The quantitative estimate of drug-likeness (QED) is 0.174. The summed E-state index contributed by atoms with van der Waals surface area (Å²) in [7, 11) is 2.44. The first-order valence-electron chi connectivity index (χ1n) is 23.9. The fourth-order valence-electron chi connectivity index (χ4n) is 11.9. The van der Waals surface area contributed by atoms with Gasteiger partial charge in [0.1, 0.15) is 11.2 Å². The molecule has 0 spiro atoms. The Morgan fingerprint density at radius 3 is 2.16 bits per heavy atom. The summed E-state index contributed by atoms with van der Waals surface area (Å²) in [6, 6.07) is 72.1. The van der Waals surface area contributed by atoms with E-state index in [-0.39, 0.29) is 5.41 Å². The number of hydrogen-bond acceptors (Lipinski definition) is 3. The number of benzene rings is 10. The summed E-state index contributed by atoms with van der Waals surface area (Å²) in [5.41, 5.74) is 23.5. The SMILES string of the molecule is Cc1ccc(Nc2c(-c3cc(-c4ccc5c(c4)C(C)(C)c4ccccc4-5)c4c5cc(-c6ccccc6)ccc5n5c4c3[B]c3cc4oc6ccccc6c4cc3-5)ccc3c2sc2ccccc23)cc1. The smallest absolute Gasteiger partial charge is 0.198 e. The van der Waals surface area contributed by atoms with Crippen molar-refractivity contribution in [1.29, 1.82) is 0 Å². The molecule has 13 aromatic rings. The lowest BCUT2D eigenvalue weighted by atomic mass is 9.58. The fraction of sp³-hybridized carbons (Fsp3) is 0.0625. The molecule has 10 aromatic carbocycles. The third kappa shape index (κ3) is 5.57. The minimum atomic E-state index is -0.160. The maximum Gasteiger partial charge on any atom is 0.198 e. The Labute approximate surface area is 404 Å². The number of aromatic nitrogens is 1. The zero-order valence-electron chi connectivity index (χ0n) is 38.3. The largest absolute Gasteiger partial charge is 0.456 e. The van der Waals surface area contributed by atoms with E-state index in [1.807, 2.05) is 11.3 Å². The summed E-state index contributed by atoms with van der Waals surface area (Å²) in [6.07, 6.45) is 0. The first-order valence-corrected chi connectivity index (χ1v) is 24.7. The van der Waals surface area contributed by atoms with Crippen LogP contribution in [-0.4, -0.2) is 11.8 Å². The Morgan fingerprint density at radius 1 is 0.522 bits per heavy atom. The summed E-state index contributed by atoms with van der Waals surface area (Å²) in [4.78, 5) is 0. The van der Waals surface area contributed by atoms with Crippen molar-refractivity contribution in [2.75, 3.05) is 5.32 Å². The number of hydrogen-bond donors (Lipinski definition) is 1. The van der Waals surface area contributed by atoms with Crippen molar-refractivity contribution in [2.45, 2.75) is 26.2 Å². The zero-order chi connectivity index (χ0) is 45.7. The highest BCUT2D eigenvalue weighted by atomic mass is 32.1. The van der Waals surface area contributed by atoms with Crippen molar-refractivity contribution in [3.8, 4) is 50.2 Å². The molecule has 5 heteroatoms. The van der Waals surface area contributed by atoms with Crippen LogP contribution in [0, 0.1) is 6.92 Å². The highest BCUT2D eigenvalue weighted by Crippen LogP contribution is 2.52. The first kappa shape index (κ1) is 38.9. The highest BCUT2D eigenvalue weighted by molar-refractivity contribution is 7.26. The van der Waals surface area contributed by atoms with Gasteiger partial charge in [-0.15, -0.1) is 11.3 Å². The van der Waals surface area contributed by atoms with Crippen molar-refractivity contribution in [3.05, 3.63) is 211 Å². The number of anilines is 2. The van der Waals surface area contributed by atoms with Crippen molar-refractivity contribution in [1.82, 2.24) is 4.57 Å². The number of nitrogens with zero attached hydrogens (tertiary/aromatic N) is 1. The number of fused-ring (bicyclic) bond motifs is 14. The summed E-state index contributed by atoms with van der Waals surface area (Å²) >= 11 is 1.87. The minimum absolute atomic E-state index is 0.160. The molecule has 0 saturated heterocycles. The molecule has 1 N–H and O–H groups in total. The summed E-state index contributed by atoms with van der Waals surface area (Å²) in [5.74, 6) is 0. The van der Waals surface area contributed by atoms with Gasteiger partial charge in [0.15, 0.2) is 7.28 Å². The molecule has 2 aliphatic rings. The lowest BCUT2D eigenvalue weighted by Gasteiger charge is -2.26. The van der Waals surface area contributed by atoms with Crippen molar-refractivity contribution >= 4 is 105 Å². The average Bonchev–Trinajstić information content (AvgIpc) is 4.12. The van der Waals surface area contributed by atoms with Gasteiger partial charge in [-0.3, -0.25) is 0 Å². The number of furan rings is 1. The van der Waals surface area contributed by atoms with Gasteiger partial charge in [0, 0.05) is 64.9 Å². The van der Waals surface area contributed by atoms with Gasteiger partial charge in [-0.05, 0) is 123 Å². The molecule has 69 heavy (non-hydrogen) atoms. The molecule has 0 fully saturated rings. The van der Waals surface area contributed by atoms with E-state index in [1.54, 1.807) is 0 Å². The third-order valence-electron chi connectivity index (χ3n) is 15.3. The molecular weight excluding hydrogens is 856 g/mol. The van der Waals surface area contributed by atoms with Crippen molar-refractivity contribution in [3.63, 3.8) is 0 Å². The van der Waals surface area contributed by atoms with Crippen LogP contribution in [0.4, 0.5) is 11.4 Å².